The number of amides is 2. The quantitative estimate of drug-likeness (QED) is 0.369. The minimum atomic E-state index is -0.481. The van der Waals surface area contributed by atoms with Gasteiger partial charge in [0.1, 0.15) is 0 Å². The molecule has 2 rings (SSSR count). The SMILES string of the molecule is CC(C)(CNC(=O)NN)c1ccc2oc(=O)[nH]c2c1. The molecule has 0 radical (unpaired) electrons. The Labute approximate surface area is 109 Å². The van der Waals surface area contributed by atoms with Gasteiger partial charge in [0.2, 0.25) is 0 Å². The van der Waals surface area contributed by atoms with Crippen LogP contribution < -0.4 is 22.3 Å². The third kappa shape index (κ3) is 2.76. The number of fused-ring (bicyclic) bond motifs is 1. The summed E-state index contributed by atoms with van der Waals surface area (Å²) in [5.74, 6) is 4.52. The van der Waals surface area contributed by atoms with Gasteiger partial charge >= 0.3 is 11.8 Å². The molecule has 0 saturated heterocycles. The number of rotatable bonds is 3. The molecule has 0 saturated carbocycles. The molecule has 0 aliphatic rings. The van der Waals surface area contributed by atoms with E-state index in [1.165, 1.54) is 0 Å². The van der Waals surface area contributed by atoms with Gasteiger partial charge in [-0.25, -0.2) is 15.4 Å². The van der Waals surface area contributed by atoms with Crippen LogP contribution in [0.25, 0.3) is 11.1 Å². The monoisotopic (exact) mass is 264 g/mol. The molecule has 5 N–H and O–H groups in total. The van der Waals surface area contributed by atoms with E-state index in [4.69, 9.17) is 10.3 Å². The van der Waals surface area contributed by atoms with E-state index in [0.717, 1.165) is 5.56 Å². The Morgan fingerprint density at radius 3 is 2.89 bits per heavy atom. The van der Waals surface area contributed by atoms with Crippen LogP contribution in [0, 0.1) is 0 Å². The molecule has 7 heteroatoms. The number of hydrogen-bond acceptors (Lipinski definition) is 4. The van der Waals surface area contributed by atoms with E-state index >= 15 is 0 Å². The second-order valence-electron chi connectivity index (χ2n) is 4.94. The van der Waals surface area contributed by atoms with Crippen LogP contribution in [0.2, 0.25) is 0 Å². The van der Waals surface area contributed by atoms with Crippen molar-refractivity contribution >= 4 is 17.1 Å². The fraction of sp³-hybridized carbons (Fsp3) is 0.333. The lowest BCUT2D eigenvalue weighted by Gasteiger charge is -2.25. The zero-order valence-corrected chi connectivity index (χ0v) is 10.7. The van der Waals surface area contributed by atoms with Gasteiger partial charge < -0.3 is 9.73 Å². The van der Waals surface area contributed by atoms with Gasteiger partial charge in [-0.2, -0.15) is 0 Å². The first-order valence-corrected chi connectivity index (χ1v) is 5.80. The first kappa shape index (κ1) is 13.2. The molecular weight excluding hydrogens is 248 g/mol. The zero-order valence-electron chi connectivity index (χ0n) is 10.7. The number of oxazole rings is 1. The number of carbonyl (C=O) groups excluding carboxylic acids is 1. The first-order chi connectivity index (χ1) is 8.92. The zero-order chi connectivity index (χ0) is 14.0. The van der Waals surface area contributed by atoms with E-state index in [-0.39, 0.29) is 5.41 Å². The van der Waals surface area contributed by atoms with Gasteiger partial charge in [0.15, 0.2) is 5.58 Å². The predicted molar refractivity (Wildman–Crippen MR) is 70.6 cm³/mol. The first-order valence-electron chi connectivity index (χ1n) is 5.80. The van der Waals surface area contributed by atoms with Crippen molar-refractivity contribution in [3.8, 4) is 0 Å². The van der Waals surface area contributed by atoms with E-state index in [9.17, 15) is 9.59 Å². The number of hydrogen-bond donors (Lipinski definition) is 4. The largest absolute Gasteiger partial charge is 0.417 e. The summed E-state index contributed by atoms with van der Waals surface area (Å²) in [5.41, 5.74) is 3.81. The number of carbonyl (C=O) groups is 1. The number of aromatic amines is 1. The summed E-state index contributed by atoms with van der Waals surface area (Å²) in [6.45, 7) is 4.36. The van der Waals surface area contributed by atoms with Crippen molar-refractivity contribution in [3.05, 3.63) is 34.3 Å². The molecule has 1 aromatic carbocycles. The molecule has 2 aromatic rings. The van der Waals surface area contributed by atoms with Gasteiger partial charge in [0.25, 0.3) is 0 Å². The number of nitrogens with one attached hydrogen (secondary N) is 3. The molecule has 0 bridgehead atoms. The van der Waals surface area contributed by atoms with Crippen molar-refractivity contribution in [1.29, 1.82) is 0 Å². The highest BCUT2D eigenvalue weighted by molar-refractivity contribution is 5.74. The maximum Gasteiger partial charge on any atom is 0.417 e. The van der Waals surface area contributed by atoms with E-state index < -0.39 is 11.8 Å². The average molecular weight is 264 g/mol. The molecule has 19 heavy (non-hydrogen) atoms. The second kappa shape index (κ2) is 4.77. The molecule has 1 heterocycles. The number of aromatic nitrogens is 1. The molecular formula is C12H16N4O3. The van der Waals surface area contributed by atoms with Crippen LogP contribution in [0.3, 0.4) is 0 Å². The summed E-state index contributed by atoms with van der Waals surface area (Å²) in [6.07, 6.45) is 0. The predicted octanol–water partition coefficient (Wildman–Crippen LogP) is 0.572. The number of benzene rings is 1. The molecule has 0 unspecified atom stereocenters. The van der Waals surface area contributed by atoms with Gasteiger partial charge in [-0.15, -0.1) is 0 Å². The van der Waals surface area contributed by atoms with Gasteiger partial charge in [0, 0.05) is 12.0 Å². The van der Waals surface area contributed by atoms with Crippen LogP contribution in [0.4, 0.5) is 4.79 Å². The minimum Gasteiger partial charge on any atom is -0.408 e. The van der Waals surface area contributed by atoms with Crippen molar-refractivity contribution in [3.63, 3.8) is 0 Å². The highest BCUT2D eigenvalue weighted by Gasteiger charge is 2.22. The molecule has 0 aliphatic heterocycles. The number of hydrazine groups is 1. The van der Waals surface area contributed by atoms with E-state index in [0.29, 0.717) is 17.6 Å². The average Bonchev–Trinajstić information content (AvgIpc) is 2.74. The molecule has 7 nitrogen and oxygen atoms in total. The van der Waals surface area contributed by atoms with E-state index in [1.807, 2.05) is 31.4 Å². The lowest BCUT2D eigenvalue weighted by atomic mass is 9.84. The topological polar surface area (TPSA) is 113 Å². The Bertz CT molecular complexity index is 656. The van der Waals surface area contributed by atoms with Crippen molar-refractivity contribution in [1.82, 2.24) is 15.7 Å². The third-order valence-electron chi connectivity index (χ3n) is 3.02. The van der Waals surface area contributed by atoms with E-state index in [1.54, 1.807) is 6.07 Å². The Hall–Kier alpha value is -2.28. The van der Waals surface area contributed by atoms with Crippen LogP contribution >= 0.6 is 0 Å². The number of H-pyrrole nitrogens is 1. The molecule has 0 fully saturated rings. The molecule has 102 valence electrons. The lowest BCUT2D eigenvalue weighted by Crippen LogP contribution is -2.44. The molecule has 0 atom stereocenters. The van der Waals surface area contributed by atoms with Gasteiger partial charge in [-0.1, -0.05) is 19.9 Å². The van der Waals surface area contributed by atoms with Crippen LogP contribution in [-0.2, 0) is 5.41 Å². The van der Waals surface area contributed by atoms with Gasteiger partial charge in [-0.05, 0) is 17.7 Å². The van der Waals surface area contributed by atoms with Gasteiger partial charge in [0.05, 0.1) is 5.52 Å². The summed E-state index contributed by atoms with van der Waals surface area (Å²) in [6, 6.07) is 4.99. The Kier molecular flexibility index (Phi) is 3.30. The normalized spacial score (nSPS) is 11.5. The third-order valence-corrected chi connectivity index (χ3v) is 3.02. The van der Waals surface area contributed by atoms with Crippen LogP contribution in [0.5, 0.6) is 0 Å². The van der Waals surface area contributed by atoms with Crippen LogP contribution in [-0.4, -0.2) is 17.6 Å². The van der Waals surface area contributed by atoms with Crippen molar-refractivity contribution < 1.29 is 9.21 Å². The fourth-order valence-corrected chi connectivity index (χ4v) is 1.83. The van der Waals surface area contributed by atoms with Crippen molar-refractivity contribution in [2.24, 2.45) is 5.84 Å². The molecule has 0 spiro atoms. The molecule has 1 aromatic heterocycles. The van der Waals surface area contributed by atoms with Gasteiger partial charge in [-0.3, -0.25) is 10.4 Å². The number of urea groups is 1. The Balaban J connectivity index is 2.26. The minimum absolute atomic E-state index is 0.311. The van der Waals surface area contributed by atoms with E-state index in [2.05, 4.69) is 10.3 Å². The standard InChI is InChI=1S/C12H16N4O3/c1-12(2,6-14-10(17)16-13)7-3-4-9-8(5-7)15-11(18)19-9/h3-5H,6,13H2,1-2H3,(H,15,18)(H2,14,16,17). The summed E-state index contributed by atoms with van der Waals surface area (Å²) >= 11 is 0. The molecule has 2 amide bonds. The highest BCUT2D eigenvalue weighted by Crippen LogP contribution is 2.25. The smallest absolute Gasteiger partial charge is 0.408 e. The second-order valence-corrected chi connectivity index (χ2v) is 4.94. The number of nitrogens with two attached hydrogens (primary N) is 1. The Morgan fingerprint density at radius 1 is 1.47 bits per heavy atom. The van der Waals surface area contributed by atoms with Crippen molar-refractivity contribution in [2.75, 3.05) is 6.54 Å². The summed E-state index contributed by atoms with van der Waals surface area (Å²) in [4.78, 5) is 24.8. The molecule has 0 aliphatic carbocycles. The fourth-order valence-electron chi connectivity index (χ4n) is 1.83. The van der Waals surface area contributed by atoms with Crippen LogP contribution in [0.15, 0.2) is 27.4 Å². The lowest BCUT2D eigenvalue weighted by molar-refractivity contribution is 0.238. The maximum atomic E-state index is 11.1. The highest BCUT2D eigenvalue weighted by atomic mass is 16.4. The maximum absolute atomic E-state index is 11.1. The summed E-state index contributed by atoms with van der Waals surface area (Å²) < 4.78 is 4.94. The van der Waals surface area contributed by atoms with Crippen molar-refractivity contribution in [2.45, 2.75) is 19.3 Å². The van der Waals surface area contributed by atoms with Crippen LogP contribution in [0.1, 0.15) is 19.4 Å². The summed E-state index contributed by atoms with van der Waals surface area (Å²) in [7, 11) is 0. The Morgan fingerprint density at radius 2 is 2.21 bits per heavy atom. The summed E-state index contributed by atoms with van der Waals surface area (Å²) in [5, 5.41) is 2.65.